The zero-order valence-electron chi connectivity index (χ0n) is 9.11. The third-order valence-electron chi connectivity index (χ3n) is 2.00. The molecule has 84 valence electrons. The fourth-order valence-corrected chi connectivity index (χ4v) is 1.16. The number of aliphatic hydroxyl groups excluding tert-OH is 1. The minimum absolute atomic E-state index is 0.0674. The monoisotopic (exact) mass is 210 g/mol. The Kier molecular flexibility index (Phi) is 6.00. The summed E-state index contributed by atoms with van der Waals surface area (Å²) in [4.78, 5) is 0. The molecule has 0 spiro atoms. The number of ether oxygens (including phenoxy) is 2. The van der Waals surface area contributed by atoms with E-state index in [4.69, 9.17) is 14.6 Å². The average Bonchev–Trinajstić information content (AvgIpc) is 2.26. The average molecular weight is 210 g/mol. The van der Waals surface area contributed by atoms with Gasteiger partial charge in [0.1, 0.15) is 0 Å². The molecule has 1 aromatic carbocycles. The molecule has 0 saturated heterocycles. The van der Waals surface area contributed by atoms with E-state index in [2.05, 4.69) is 31.2 Å². The van der Waals surface area contributed by atoms with Gasteiger partial charge in [0.2, 0.25) is 0 Å². The van der Waals surface area contributed by atoms with E-state index in [0.717, 1.165) is 0 Å². The van der Waals surface area contributed by atoms with E-state index in [1.807, 2.05) is 0 Å². The molecule has 3 nitrogen and oxygen atoms in total. The molecule has 1 N–H and O–H groups in total. The number of hydrogen-bond donors (Lipinski definition) is 1. The van der Waals surface area contributed by atoms with E-state index < -0.39 is 0 Å². The predicted molar refractivity (Wildman–Crippen MR) is 58.7 cm³/mol. The van der Waals surface area contributed by atoms with Gasteiger partial charge < -0.3 is 14.6 Å². The molecule has 1 rings (SSSR count). The number of aryl methyl sites for hydroxylation is 1. The molecule has 0 aliphatic heterocycles. The molecule has 0 atom stereocenters. The zero-order chi connectivity index (χ0) is 10.9. The van der Waals surface area contributed by atoms with Crippen LogP contribution in [0.5, 0.6) is 0 Å². The van der Waals surface area contributed by atoms with E-state index >= 15 is 0 Å². The van der Waals surface area contributed by atoms with Crippen LogP contribution in [0.4, 0.5) is 0 Å². The summed E-state index contributed by atoms with van der Waals surface area (Å²) >= 11 is 0. The van der Waals surface area contributed by atoms with Gasteiger partial charge in [0.25, 0.3) is 0 Å². The molecule has 0 fully saturated rings. The van der Waals surface area contributed by atoms with Crippen LogP contribution in [0.25, 0.3) is 0 Å². The summed E-state index contributed by atoms with van der Waals surface area (Å²) in [5.41, 5.74) is 2.42. The Balaban J connectivity index is 2.07. The molecule has 0 saturated carbocycles. The second-order valence-corrected chi connectivity index (χ2v) is 3.37. The normalized spacial score (nSPS) is 10.5. The van der Waals surface area contributed by atoms with E-state index in [1.54, 1.807) is 0 Å². The van der Waals surface area contributed by atoms with Crippen molar-refractivity contribution in [2.45, 2.75) is 13.5 Å². The van der Waals surface area contributed by atoms with Crippen LogP contribution in [0.15, 0.2) is 24.3 Å². The molecule has 0 aromatic heterocycles. The fraction of sp³-hybridized carbons (Fsp3) is 0.500. The number of hydrogen-bond acceptors (Lipinski definition) is 3. The Morgan fingerprint density at radius 1 is 1.00 bits per heavy atom. The van der Waals surface area contributed by atoms with Gasteiger partial charge in [0.15, 0.2) is 0 Å². The molecule has 0 aliphatic carbocycles. The smallest absolute Gasteiger partial charge is 0.0718 e. The molecular weight excluding hydrogens is 192 g/mol. The highest BCUT2D eigenvalue weighted by atomic mass is 16.5. The van der Waals surface area contributed by atoms with Gasteiger partial charge in [-0.15, -0.1) is 0 Å². The maximum absolute atomic E-state index is 8.46. The number of rotatable bonds is 7. The summed E-state index contributed by atoms with van der Waals surface area (Å²) in [5, 5.41) is 8.46. The molecule has 1 aromatic rings. The van der Waals surface area contributed by atoms with E-state index in [1.165, 1.54) is 11.1 Å². The zero-order valence-corrected chi connectivity index (χ0v) is 9.11. The van der Waals surface area contributed by atoms with Crippen molar-refractivity contribution < 1.29 is 14.6 Å². The second kappa shape index (κ2) is 7.40. The molecule has 0 radical (unpaired) electrons. The number of aliphatic hydroxyl groups is 1. The maximum Gasteiger partial charge on any atom is 0.0718 e. The van der Waals surface area contributed by atoms with Gasteiger partial charge in [-0.1, -0.05) is 29.8 Å². The SMILES string of the molecule is Cc1ccc(COCCOCCO)cc1. The summed E-state index contributed by atoms with van der Waals surface area (Å²) in [5.74, 6) is 0. The van der Waals surface area contributed by atoms with Gasteiger partial charge in [-0.2, -0.15) is 0 Å². The highest BCUT2D eigenvalue weighted by Crippen LogP contribution is 2.04. The first kappa shape index (κ1) is 12.2. The third-order valence-corrected chi connectivity index (χ3v) is 2.00. The standard InChI is InChI=1S/C12H18O3/c1-11-2-4-12(5-3-11)10-15-9-8-14-7-6-13/h2-5,13H,6-10H2,1H3. The Labute approximate surface area is 90.6 Å². The van der Waals surface area contributed by atoms with Gasteiger partial charge >= 0.3 is 0 Å². The van der Waals surface area contributed by atoms with Crippen molar-refractivity contribution in [3.05, 3.63) is 35.4 Å². The first-order valence-electron chi connectivity index (χ1n) is 5.15. The lowest BCUT2D eigenvalue weighted by Gasteiger charge is -2.05. The van der Waals surface area contributed by atoms with Gasteiger partial charge in [-0.3, -0.25) is 0 Å². The van der Waals surface area contributed by atoms with E-state index in [0.29, 0.717) is 26.4 Å². The molecule has 15 heavy (non-hydrogen) atoms. The Morgan fingerprint density at radius 2 is 1.67 bits per heavy atom. The van der Waals surface area contributed by atoms with Gasteiger partial charge in [-0.05, 0) is 12.5 Å². The first-order chi connectivity index (χ1) is 7.33. The minimum Gasteiger partial charge on any atom is -0.394 e. The van der Waals surface area contributed by atoms with Gasteiger partial charge in [0.05, 0.1) is 33.0 Å². The van der Waals surface area contributed by atoms with Crippen molar-refractivity contribution in [1.82, 2.24) is 0 Å². The molecule has 0 amide bonds. The fourth-order valence-electron chi connectivity index (χ4n) is 1.16. The highest BCUT2D eigenvalue weighted by molar-refractivity contribution is 5.20. The van der Waals surface area contributed by atoms with Crippen LogP contribution in [0.1, 0.15) is 11.1 Å². The summed E-state index contributed by atoms with van der Waals surface area (Å²) in [6.07, 6.45) is 0. The van der Waals surface area contributed by atoms with Crippen molar-refractivity contribution in [2.24, 2.45) is 0 Å². The lowest BCUT2D eigenvalue weighted by Crippen LogP contribution is -2.07. The second-order valence-electron chi connectivity index (χ2n) is 3.37. The van der Waals surface area contributed by atoms with Crippen molar-refractivity contribution in [3.8, 4) is 0 Å². The van der Waals surface area contributed by atoms with Crippen LogP contribution in [-0.4, -0.2) is 31.5 Å². The Bertz CT molecular complexity index is 256. The minimum atomic E-state index is 0.0674. The molecule has 0 aliphatic rings. The van der Waals surface area contributed by atoms with Gasteiger partial charge in [-0.25, -0.2) is 0 Å². The quantitative estimate of drug-likeness (QED) is 0.693. The Morgan fingerprint density at radius 3 is 2.33 bits per heavy atom. The lowest BCUT2D eigenvalue weighted by atomic mass is 10.2. The largest absolute Gasteiger partial charge is 0.394 e. The number of benzene rings is 1. The maximum atomic E-state index is 8.46. The van der Waals surface area contributed by atoms with Crippen LogP contribution in [-0.2, 0) is 16.1 Å². The molecule has 0 unspecified atom stereocenters. The molecule has 3 heteroatoms. The molecule has 0 bridgehead atoms. The van der Waals surface area contributed by atoms with E-state index in [-0.39, 0.29) is 6.61 Å². The summed E-state index contributed by atoms with van der Waals surface area (Å²) in [7, 11) is 0. The van der Waals surface area contributed by atoms with Crippen molar-refractivity contribution in [3.63, 3.8) is 0 Å². The summed E-state index contributed by atoms with van der Waals surface area (Å²) < 4.78 is 10.5. The van der Waals surface area contributed by atoms with Crippen molar-refractivity contribution in [2.75, 3.05) is 26.4 Å². The van der Waals surface area contributed by atoms with Crippen LogP contribution < -0.4 is 0 Å². The molecular formula is C12H18O3. The third kappa shape index (κ3) is 5.52. The summed E-state index contributed by atoms with van der Waals surface area (Å²) in [6, 6.07) is 8.26. The lowest BCUT2D eigenvalue weighted by molar-refractivity contribution is 0.0274. The first-order valence-corrected chi connectivity index (χ1v) is 5.15. The molecule has 0 heterocycles. The van der Waals surface area contributed by atoms with Crippen LogP contribution in [0.2, 0.25) is 0 Å². The summed E-state index contributed by atoms with van der Waals surface area (Å²) in [6.45, 7) is 4.22. The van der Waals surface area contributed by atoms with Crippen LogP contribution >= 0.6 is 0 Å². The van der Waals surface area contributed by atoms with Gasteiger partial charge in [0, 0.05) is 0 Å². The topological polar surface area (TPSA) is 38.7 Å². The Hall–Kier alpha value is -0.900. The van der Waals surface area contributed by atoms with E-state index in [9.17, 15) is 0 Å². The highest BCUT2D eigenvalue weighted by Gasteiger charge is 1.93. The van der Waals surface area contributed by atoms with Crippen molar-refractivity contribution in [1.29, 1.82) is 0 Å². The predicted octanol–water partition coefficient (Wildman–Crippen LogP) is 1.52. The van der Waals surface area contributed by atoms with Crippen molar-refractivity contribution >= 4 is 0 Å². The van der Waals surface area contributed by atoms with Crippen LogP contribution in [0.3, 0.4) is 0 Å². The van der Waals surface area contributed by atoms with Crippen LogP contribution in [0, 0.1) is 6.92 Å².